The molecule has 0 aliphatic carbocycles. The Morgan fingerprint density at radius 1 is 0.600 bits per heavy atom. The van der Waals surface area contributed by atoms with E-state index in [-0.39, 0.29) is 171 Å². The molecule has 6 fully saturated rings. The number of aliphatic hydroxyl groups is 6. The van der Waals surface area contributed by atoms with Gasteiger partial charge in [0, 0.05) is 94.5 Å². The van der Waals surface area contributed by atoms with Gasteiger partial charge >= 0.3 is 26.2 Å². The molecule has 6 heterocycles. The minimum Gasteiger partial charge on any atom is -0.459 e. The van der Waals surface area contributed by atoms with Gasteiger partial charge in [0.05, 0.1) is 103 Å². The molecule has 0 saturated carbocycles. The topological polar surface area (TPSA) is 319 Å². The average Bonchev–Trinajstić information content (AvgIpc) is 1.73. The van der Waals surface area contributed by atoms with Crippen LogP contribution >= 0.6 is 67.4 Å². The second-order valence-corrected chi connectivity index (χ2v) is 27.8. The molecule has 9 unspecified atom stereocenters. The van der Waals surface area contributed by atoms with E-state index in [0.29, 0.717) is 42.4 Å². The Balaban J connectivity index is 0.00000112. The first kappa shape index (κ1) is 78.3. The minimum absolute atomic E-state index is 0.0140. The van der Waals surface area contributed by atoms with Crippen LogP contribution in [-0.2, 0) is 70.9 Å². The molecule has 0 amide bonds. The van der Waals surface area contributed by atoms with Crippen LogP contribution in [-0.4, -0.2) is 243 Å². The van der Waals surface area contributed by atoms with Crippen LogP contribution in [0.5, 0.6) is 0 Å². The summed E-state index contributed by atoms with van der Waals surface area (Å²) in [5.74, 6) is 2.40. The van der Waals surface area contributed by atoms with Crippen molar-refractivity contribution < 1.29 is 108 Å². The highest BCUT2D eigenvalue weighted by Gasteiger charge is 2.48. The van der Waals surface area contributed by atoms with Gasteiger partial charge in [0.25, 0.3) is 0 Å². The van der Waals surface area contributed by atoms with E-state index >= 15 is 0 Å². The summed E-state index contributed by atoms with van der Waals surface area (Å²) in [6.45, 7) is 23.2. The molecule has 6 aliphatic heterocycles. The zero-order chi connectivity index (χ0) is 74.0. The lowest BCUT2D eigenvalue weighted by molar-refractivity contribution is -0.151. The number of esters is 3. The molecule has 90 heavy (non-hydrogen) atoms. The molecule has 536 valence electrons. The summed E-state index contributed by atoms with van der Waals surface area (Å²) in [5.41, 5.74) is 0. The summed E-state index contributed by atoms with van der Waals surface area (Å²) < 4.78 is 108. The fourth-order valence-corrected chi connectivity index (χ4v) is 15.2. The van der Waals surface area contributed by atoms with E-state index < -0.39 is 55.8 Å². The van der Waals surface area contributed by atoms with Crippen LogP contribution in [0.3, 0.4) is 0 Å². The average molecular weight is 1420 g/mol. The minimum atomic E-state index is -2.73. The predicted molar refractivity (Wildman–Crippen MR) is 364 cm³/mol. The first-order chi connectivity index (χ1) is 44.8. The number of hydrogen-bond donors (Lipinski definition) is 8. The summed E-state index contributed by atoms with van der Waals surface area (Å²) in [7, 11) is -1.43. The Morgan fingerprint density at radius 2 is 0.967 bits per heavy atom. The number of thioether (sulfide) groups is 1. The summed E-state index contributed by atoms with van der Waals surface area (Å²) in [6.07, 6.45) is 6.58. The number of rotatable bonds is 25. The lowest BCUT2D eigenvalue weighted by Gasteiger charge is -2.22. The molecule has 6 saturated heterocycles. The number of carbonyl (C=O) groups is 4. The Kier molecular flexibility index (Phi) is 43.3. The third-order valence-electron chi connectivity index (χ3n) is 16.7. The predicted octanol–water partition coefficient (Wildman–Crippen LogP) is 7.17. The van der Waals surface area contributed by atoms with Gasteiger partial charge in [-0.2, -0.15) is 12.6 Å². The maximum Gasteiger partial charge on any atom is 0.695 e. The van der Waals surface area contributed by atoms with Crippen molar-refractivity contribution in [3.63, 3.8) is 0 Å². The van der Waals surface area contributed by atoms with Crippen molar-refractivity contribution in [2.45, 2.75) is 265 Å². The highest BCUT2D eigenvalue weighted by molar-refractivity contribution is 8.13. The zero-order valence-electron chi connectivity index (χ0n) is 62.3. The van der Waals surface area contributed by atoms with E-state index in [4.69, 9.17) is 81.2 Å². The number of hydrogen-bond acceptors (Lipinski definition) is 23. The van der Waals surface area contributed by atoms with Crippen molar-refractivity contribution in [1.82, 2.24) is 0 Å². The first-order valence-corrected chi connectivity index (χ1v) is 37.7. The lowest BCUT2D eigenvalue weighted by atomic mass is 9.92. The molecule has 6 rings (SSSR count). The van der Waals surface area contributed by atoms with E-state index in [1.807, 2.05) is 34.6 Å². The second-order valence-electron chi connectivity index (χ2n) is 23.1. The number of ether oxygens (including phenoxy) is 9. The van der Waals surface area contributed by atoms with Gasteiger partial charge in [-0.05, 0) is 136 Å². The number of alkyl halides is 1. The van der Waals surface area contributed by atoms with Crippen molar-refractivity contribution in [3.8, 4) is 0 Å². The lowest BCUT2D eigenvalue weighted by Crippen LogP contribution is -2.31. The van der Waals surface area contributed by atoms with Crippen LogP contribution in [0.2, 0.25) is 0 Å². The van der Waals surface area contributed by atoms with Crippen LogP contribution < -0.4 is 0 Å². The van der Waals surface area contributed by atoms with Gasteiger partial charge in [0.1, 0.15) is 24.4 Å². The standard InChI is InChI=1S/C13H22O4S.C11H19ClO3.C11H20O4.C9H19O5PS.C9H20O2S.C8H16O3S.CH4O/c1-5-12-11(6-7-18-10(4)15)13(8(2)16-12)17-9(3)14;2*1-4-10-9(5-6-12)11(7(2)14-10)15-8(3)13;1-6-9(14-15(11)12)7(3-4-16-2)8(5-10)13-6;1-6-8(4-5-12-3)9(10)7(2)11-6;1-5-8(10)6(2-3-12)7(4-9)11-5;1-2/h8,11-13H,5-7H2,1-4H3;7,9-11H,4-6H2,1-3H3;7,9-12H,4-6H2,1-3H3;6-10H,3-5,16H2,1-2H3;6-10H,4-5,12H2,1-3H3;5-10,12H,2-4H2,1H3;2H,1H3/p+1/t8-,11-,12+,13?;2*7-,9-,10+,11?;6-,7-,8+,9?;6-,7+,8+,9?;5-,6-,7+,8?;/m000010./s1/i;;;16TD;1D,12TD;;2T. The highest BCUT2D eigenvalue weighted by Crippen LogP contribution is 2.39. The van der Waals surface area contributed by atoms with E-state index in [1.54, 1.807) is 33.3 Å². The number of carbonyl (C=O) groups excluding carboxylic acids is 4. The third kappa shape index (κ3) is 31.2. The maximum absolute atomic E-state index is 11.1. The molecule has 7 N–H and O–H groups in total. The first-order valence-electron chi connectivity index (χ1n) is 34.3. The van der Waals surface area contributed by atoms with Gasteiger partial charge in [0.2, 0.25) is 1.43 Å². The number of aliphatic hydroxyl groups excluding tert-OH is 6. The summed E-state index contributed by atoms with van der Waals surface area (Å²) in [6, 6.07) is 0. The van der Waals surface area contributed by atoms with Crippen LogP contribution in [0.15, 0.2) is 0 Å². The molecule has 0 aromatic heterocycles. The molecule has 27 atom stereocenters. The van der Waals surface area contributed by atoms with Crippen molar-refractivity contribution >= 4 is 90.4 Å². The largest absolute Gasteiger partial charge is 0.695 e. The van der Waals surface area contributed by atoms with Gasteiger partial charge in [0.15, 0.2) is 5.12 Å². The van der Waals surface area contributed by atoms with Crippen molar-refractivity contribution in [1.29, 1.82) is 5.93 Å². The molecule has 0 radical (unpaired) electrons. The molecule has 0 bridgehead atoms. The van der Waals surface area contributed by atoms with Crippen LogP contribution in [0.1, 0.15) is 156 Å². The van der Waals surface area contributed by atoms with Gasteiger partial charge < -0.3 is 73.3 Å². The monoisotopic (exact) mass is 1420 g/mol. The second kappa shape index (κ2) is 49.8. The molecule has 6 aliphatic rings. The van der Waals surface area contributed by atoms with Crippen LogP contribution in [0, 0.1) is 35.5 Å². The van der Waals surface area contributed by atoms with Crippen molar-refractivity contribution in [2.24, 2.45) is 35.5 Å². The Labute approximate surface area is 569 Å². The number of halogens is 1. The summed E-state index contributed by atoms with van der Waals surface area (Å²) >= 11 is 7.02. The Bertz CT molecular complexity index is 2120. The van der Waals surface area contributed by atoms with Gasteiger partial charge in [-0.3, -0.25) is 42.3 Å². The SMILES string of the molecule is CC[C@H]1O[C@@H](C)C(OC(C)=O)[C@H]1CCCl.CC[C@H]1O[C@@H](C)C(OC(C)=O)[C@H]1CCO.CC[C@H]1O[C@@H](C)C(OC(C)=O)[C@H]1CCSC(C)=O.C[C@@H]1O[C@H](CO)[C@H](CCS)C1O.[2H]C[C@H]1O[C@@H](C)C(O)[C@H]1CCS([2H])([3H])C.[2H]S([3H])(C)CC[C@@H]1C(O[P+](=O)O)[C@H](C)O[C@@H]1CO.[3H]OC. The molecular weight excluding hydrogens is 1290 g/mol. The van der Waals surface area contributed by atoms with Gasteiger partial charge in [-0.25, -0.2) is 0 Å². The molecule has 0 aromatic rings. The summed E-state index contributed by atoms with van der Waals surface area (Å²) in [4.78, 5) is 52.8. The third-order valence-corrected chi connectivity index (χ3v) is 19.7. The van der Waals surface area contributed by atoms with Gasteiger partial charge in [-0.1, -0.05) is 32.5 Å². The number of thiol groups is 1. The van der Waals surface area contributed by atoms with Gasteiger partial charge in [-0.15, -0.1) is 21.0 Å². The normalized spacial score (nSPS) is 38.7. The van der Waals surface area contributed by atoms with Crippen molar-refractivity contribution in [3.05, 3.63) is 0 Å². The molecule has 0 aromatic carbocycles. The maximum atomic E-state index is 11.1. The Morgan fingerprint density at radius 3 is 1.33 bits per heavy atom. The fourth-order valence-electron chi connectivity index (χ4n) is 12.4. The van der Waals surface area contributed by atoms with Crippen LogP contribution in [0.25, 0.3) is 0 Å². The van der Waals surface area contributed by atoms with E-state index in [0.717, 1.165) is 44.3 Å². The molecular formula is C62H121ClO22PS4+. The summed E-state index contributed by atoms with van der Waals surface area (Å²) in [5, 5.41) is 50.2. The fraction of sp³-hybridized carbons (Fsp3) is 0.935. The zero-order valence-corrected chi connectivity index (χ0v) is 61.3. The van der Waals surface area contributed by atoms with E-state index in [9.17, 15) is 39.1 Å². The van der Waals surface area contributed by atoms with E-state index in [1.165, 1.54) is 39.6 Å². The highest BCUT2D eigenvalue weighted by atomic mass is 35.5. The molecule has 22 nitrogen and oxygen atoms in total. The molecule has 0 spiro atoms. The quantitative estimate of drug-likeness (QED) is 0.0148. The van der Waals surface area contributed by atoms with Crippen LogP contribution in [0.4, 0.5) is 0 Å². The Hall–Kier alpha value is -0.690. The van der Waals surface area contributed by atoms with Crippen molar-refractivity contribution in [2.75, 3.05) is 68.3 Å². The van der Waals surface area contributed by atoms with E-state index in [2.05, 4.69) is 31.6 Å². The molecule has 28 heteroatoms. The smallest absolute Gasteiger partial charge is 0.459 e.